The number of hydrogen-bond acceptors (Lipinski definition) is 3. The Bertz CT molecular complexity index is 445. The van der Waals surface area contributed by atoms with E-state index >= 15 is 0 Å². The third kappa shape index (κ3) is 5.64. The molecule has 21 heavy (non-hydrogen) atoms. The molecule has 0 aliphatic carbocycles. The molecule has 0 heterocycles. The highest BCUT2D eigenvalue weighted by atomic mass is 16.5. The maximum Gasteiger partial charge on any atom is 0.142 e. The first-order valence-corrected chi connectivity index (χ1v) is 7.58. The largest absolute Gasteiger partial charge is 0.492 e. The highest BCUT2D eigenvalue weighted by molar-refractivity contribution is 5.60. The lowest BCUT2D eigenvalue weighted by Gasteiger charge is -2.25. The van der Waals surface area contributed by atoms with Gasteiger partial charge in [-0.1, -0.05) is 32.1 Å². The summed E-state index contributed by atoms with van der Waals surface area (Å²) in [4.78, 5) is 2.20. The van der Waals surface area contributed by atoms with Gasteiger partial charge in [-0.2, -0.15) is 0 Å². The third-order valence-electron chi connectivity index (χ3n) is 3.08. The zero-order valence-corrected chi connectivity index (χ0v) is 13.6. The average Bonchev–Trinajstić information content (AvgIpc) is 2.45. The number of nitrogens with zero attached hydrogens (tertiary/aromatic N) is 1. The van der Waals surface area contributed by atoms with Gasteiger partial charge in [-0.3, -0.25) is 0 Å². The molecule has 0 saturated carbocycles. The summed E-state index contributed by atoms with van der Waals surface area (Å²) in [5, 5.41) is 3.43. The van der Waals surface area contributed by atoms with Crippen LogP contribution < -0.4 is 15.0 Å². The predicted octanol–water partition coefficient (Wildman–Crippen LogP) is 3.76. The van der Waals surface area contributed by atoms with Crippen LogP contribution in [0.1, 0.15) is 26.3 Å². The Morgan fingerprint density at radius 1 is 1.24 bits per heavy atom. The molecule has 0 unspecified atom stereocenters. The van der Waals surface area contributed by atoms with Gasteiger partial charge in [0.2, 0.25) is 0 Å². The first-order valence-electron chi connectivity index (χ1n) is 7.58. The molecular weight excluding hydrogens is 260 g/mol. The van der Waals surface area contributed by atoms with Crippen LogP contribution in [0.15, 0.2) is 43.5 Å². The van der Waals surface area contributed by atoms with Crippen molar-refractivity contribution in [1.82, 2.24) is 5.32 Å². The molecule has 0 bridgehead atoms. The molecule has 0 aliphatic heterocycles. The van der Waals surface area contributed by atoms with Gasteiger partial charge >= 0.3 is 0 Å². The number of rotatable bonds is 10. The van der Waals surface area contributed by atoms with Crippen LogP contribution in [0.4, 0.5) is 5.69 Å². The average molecular weight is 288 g/mol. The molecule has 0 fully saturated rings. The molecule has 0 spiro atoms. The number of ether oxygens (including phenoxy) is 1. The number of nitrogens with one attached hydrogen (secondary N) is 1. The van der Waals surface area contributed by atoms with Crippen LogP contribution in [-0.4, -0.2) is 25.7 Å². The molecule has 0 saturated heterocycles. The summed E-state index contributed by atoms with van der Waals surface area (Å²) in [7, 11) is 0. The van der Waals surface area contributed by atoms with Crippen LogP contribution in [0.5, 0.6) is 5.75 Å². The fourth-order valence-electron chi connectivity index (χ4n) is 2.11. The molecule has 1 aromatic carbocycles. The van der Waals surface area contributed by atoms with E-state index in [-0.39, 0.29) is 0 Å². The van der Waals surface area contributed by atoms with Crippen LogP contribution >= 0.6 is 0 Å². The van der Waals surface area contributed by atoms with Gasteiger partial charge < -0.3 is 15.0 Å². The molecular formula is C18H28N2O. The summed E-state index contributed by atoms with van der Waals surface area (Å²) in [6.45, 7) is 17.0. The summed E-state index contributed by atoms with van der Waals surface area (Å²) in [5.41, 5.74) is 2.32. The molecule has 116 valence electrons. The van der Waals surface area contributed by atoms with Gasteiger partial charge in [-0.15, -0.1) is 13.2 Å². The molecule has 0 amide bonds. The summed E-state index contributed by atoms with van der Waals surface area (Å²) in [6.07, 6.45) is 3.79. The number of benzene rings is 1. The normalized spacial score (nSPS) is 10.5. The van der Waals surface area contributed by atoms with Gasteiger partial charge in [0, 0.05) is 25.7 Å². The van der Waals surface area contributed by atoms with Gasteiger partial charge in [0.05, 0.1) is 12.3 Å². The van der Waals surface area contributed by atoms with E-state index in [4.69, 9.17) is 4.74 Å². The predicted molar refractivity (Wildman–Crippen MR) is 92.2 cm³/mol. The van der Waals surface area contributed by atoms with E-state index in [0.29, 0.717) is 12.6 Å². The van der Waals surface area contributed by atoms with Crippen molar-refractivity contribution in [2.75, 3.05) is 24.6 Å². The minimum absolute atomic E-state index is 0.471. The van der Waals surface area contributed by atoms with E-state index in [0.717, 1.165) is 31.1 Å². The summed E-state index contributed by atoms with van der Waals surface area (Å²) < 4.78 is 5.82. The van der Waals surface area contributed by atoms with Crippen molar-refractivity contribution in [3.63, 3.8) is 0 Å². The molecule has 0 aliphatic rings. The molecule has 1 rings (SSSR count). The van der Waals surface area contributed by atoms with E-state index in [2.05, 4.69) is 55.4 Å². The summed E-state index contributed by atoms with van der Waals surface area (Å²) in [5.74, 6) is 0.921. The molecule has 3 nitrogen and oxygen atoms in total. The lowest BCUT2D eigenvalue weighted by molar-refractivity contribution is 0.340. The zero-order valence-electron chi connectivity index (χ0n) is 13.6. The van der Waals surface area contributed by atoms with E-state index in [9.17, 15) is 0 Å². The molecule has 3 heteroatoms. The minimum Gasteiger partial charge on any atom is -0.492 e. The Morgan fingerprint density at radius 3 is 2.43 bits per heavy atom. The summed E-state index contributed by atoms with van der Waals surface area (Å²) in [6, 6.07) is 6.85. The number of anilines is 1. The Hall–Kier alpha value is -1.74. The lowest BCUT2D eigenvalue weighted by Crippen LogP contribution is -2.24. The first-order chi connectivity index (χ1) is 10.1. The molecule has 0 radical (unpaired) electrons. The smallest absolute Gasteiger partial charge is 0.142 e. The van der Waals surface area contributed by atoms with E-state index in [1.54, 1.807) is 0 Å². The van der Waals surface area contributed by atoms with Crippen molar-refractivity contribution in [3.8, 4) is 5.75 Å². The fourth-order valence-corrected chi connectivity index (χ4v) is 2.11. The van der Waals surface area contributed by atoms with Crippen molar-refractivity contribution in [3.05, 3.63) is 49.1 Å². The maximum atomic E-state index is 5.82. The summed E-state index contributed by atoms with van der Waals surface area (Å²) >= 11 is 0. The Kier molecular flexibility index (Phi) is 7.62. The van der Waals surface area contributed by atoms with Crippen LogP contribution in [-0.2, 0) is 6.54 Å². The Morgan fingerprint density at radius 2 is 1.90 bits per heavy atom. The quantitative estimate of drug-likeness (QED) is 0.663. The topological polar surface area (TPSA) is 24.5 Å². The minimum atomic E-state index is 0.471. The van der Waals surface area contributed by atoms with Gasteiger partial charge in [0.25, 0.3) is 0 Å². The van der Waals surface area contributed by atoms with Crippen molar-refractivity contribution < 1.29 is 4.74 Å². The molecule has 0 aromatic heterocycles. The highest BCUT2D eigenvalue weighted by Gasteiger charge is 2.11. The molecule has 1 aromatic rings. The second-order valence-electron chi connectivity index (χ2n) is 5.25. The van der Waals surface area contributed by atoms with E-state index < -0.39 is 0 Å². The maximum absolute atomic E-state index is 5.82. The van der Waals surface area contributed by atoms with E-state index in [1.165, 1.54) is 5.56 Å². The number of hydrogen-bond donors (Lipinski definition) is 1. The van der Waals surface area contributed by atoms with Crippen LogP contribution in [0.3, 0.4) is 0 Å². The van der Waals surface area contributed by atoms with Crippen molar-refractivity contribution >= 4 is 5.69 Å². The van der Waals surface area contributed by atoms with Crippen LogP contribution in [0.2, 0.25) is 0 Å². The van der Waals surface area contributed by atoms with Crippen LogP contribution in [0.25, 0.3) is 0 Å². The highest BCUT2D eigenvalue weighted by Crippen LogP contribution is 2.30. The lowest BCUT2D eigenvalue weighted by atomic mass is 10.1. The molecule has 0 atom stereocenters. The van der Waals surface area contributed by atoms with E-state index in [1.807, 2.05) is 19.1 Å². The monoisotopic (exact) mass is 288 g/mol. The van der Waals surface area contributed by atoms with Gasteiger partial charge in [0.15, 0.2) is 0 Å². The van der Waals surface area contributed by atoms with Crippen LogP contribution in [0, 0.1) is 0 Å². The first kappa shape index (κ1) is 17.3. The van der Waals surface area contributed by atoms with Gasteiger partial charge in [0.1, 0.15) is 5.75 Å². The Balaban J connectivity index is 3.00. The van der Waals surface area contributed by atoms with Gasteiger partial charge in [-0.25, -0.2) is 0 Å². The zero-order chi connectivity index (χ0) is 15.7. The Labute approximate surface area is 129 Å². The fraction of sp³-hybridized carbons (Fsp3) is 0.444. The second-order valence-corrected chi connectivity index (χ2v) is 5.25. The molecule has 1 N–H and O–H groups in total. The van der Waals surface area contributed by atoms with Crippen molar-refractivity contribution in [2.45, 2.75) is 33.4 Å². The van der Waals surface area contributed by atoms with Crippen molar-refractivity contribution in [2.24, 2.45) is 0 Å². The van der Waals surface area contributed by atoms with Crippen molar-refractivity contribution in [1.29, 1.82) is 0 Å². The standard InChI is InChI=1S/C18H28N2O/c1-6-11-20(12-7-2)17-10-9-16(14-19-15(4)5)13-18(17)21-8-3/h6-7,9-10,13,15,19H,1-2,8,11-12,14H2,3-5H3. The second kappa shape index (κ2) is 9.24. The van der Waals surface area contributed by atoms with Gasteiger partial charge in [-0.05, 0) is 24.6 Å². The third-order valence-corrected chi connectivity index (χ3v) is 3.08. The SMILES string of the molecule is C=CCN(CC=C)c1ccc(CNC(C)C)cc1OCC.